The van der Waals surface area contributed by atoms with Gasteiger partial charge in [0.2, 0.25) is 0 Å². The van der Waals surface area contributed by atoms with Crippen LogP contribution in [0.15, 0.2) is 132 Å². The topological polar surface area (TPSA) is 56.3 Å². The van der Waals surface area contributed by atoms with Gasteiger partial charge in [-0.25, -0.2) is 4.98 Å². The summed E-state index contributed by atoms with van der Waals surface area (Å²) in [5.41, 5.74) is 11.6. The summed E-state index contributed by atoms with van der Waals surface area (Å²) in [6.45, 7) is 8.93. The van der Waals surface area contributed by atoms with Crippen molar-refractivity contribution in [3.8, 4) is 11.3 Å². The monoisotopic (exact) mass is 1100 g/mol. The SMILES string of the molecule is Cc1c[c-]c(C2[N-]c3c(ccc4ccccc34)N2c2ccc3c(c2)oc2cc(C(C)C)ccc23)c2sc3nc(C(C)C)ccc3c12.[2H]C([2H])([2H])c1c[c-]c(-c2cc[c]([Ge]([CH3])([CH3])[CH3])cn2)cc1.[Ir+3]. The minimum absolute atomic E-state index is 0. The van der Waals surface area contributed by atoms with Crippen molar-refractivity contribution in [3.05, 3.63) is 173 Å². The fraction of sp³-hybridized carbons (Fsp3) is 0.214. The molecule has 1 aliphatic rings. The Kier molecular flexibility index (Phi) is 10.8. The van der Waals surface area contributed by atoms with Crippen LogP contribution >= 0.6 is 11.3 Å². The molecule has 0 aliphatic carbocycles. The van der Waals surface area contributed by atoms with Crippen LogP contribution in [-0.2, 0) is 20.1 Å². The first-order valence-corrected chi connectivity index (χ1v) is 29.9. The van der Waals surface area contributed by atoms with E-state index >= 15 is 0 Å². The van der Waals surface area contributed by atoms with Gasteiger partial charge in [-0.1, -0.05) is 87.8 Å². The molecule has 4 aromatic heterocycles. The van der Waals surface area contributed by atoms with E-state index in [1.54, 1.807) is 23.5 Å². The van der Waals surface area contributed by atoms with Crippen molar-refractivity contribution in [1.29, 1.82) is 0 Å². The summed E-state index contributed by atoms with van der Waals surface area (Å²) in [7, 11) is 0. The molecule has 0 saturated carbocycles. The van der Waals surface area contributed by atoms with Crippen molar-refractivity contribution < 1.29 is 28.6 Å². The molecule has 1 aliphatic heterocycles. The van der Waals surface area contributed by atoms with Crippen LogP contribution in [0.3, 0.4) is 0 Å². The van der Waals surface area contributed by atoms with Gasteiger partial charge in [-0.3, -0.25) is 0 Å². The van der Waals surface area contributed by atoms with E-state index in [1.807, 2.05) is 12.3 Å². The second kappa shape index (κ2) is 17.2. The van der Waals surface area contributed by atoms with E-state index in [9.17, 15) is 0 Å². The summed E-state index contributed by atoms with van der Waals surface area (Å²) in [5.74, 6) is 7.79. The van der Waals surface area contributed by atoms with Gasteiger partial charge in [0.15, 0.2) is 0 Å². The maximum Gasteiger partial charge on any atom is 3.00 e. The molecule has 0 N–H and O–H groups in total. The quantitative estimate of drug-likeness (QED) is 0.123. The third kappa shape index (κ3) is 7.95. The van der Waals surface area contributed by atoms with Crippen LogP contribution in [0.2, 0.25) is 17.3 Å². The molecule has 11 rings (SSSR count). The number of anilines is 2. The zero-order chi connectivity index (χ0) is 46.2. The predicted molar refractivity (Wildman–Crippen MR) is 271 cm³/mol. The minimum atomic E-state index is -2.08. The van der Waals surface area contributed by atoms with Crippen molar-refractivity contribution in [2.45, 2.75) is 76.7 Å². The molecule has 320 valence electrons. The van der Waals surface area contributed by atoms with Gasteiger partial charge in [0.05, 0.1) is 0 Å². The molecule has 5 heterocycles. The van der Waals surface area contributed by atoms with Gasteiger partial charge in [-0.15, -0.1) is 22.2 Å². The second-order valence-corrected chi connectivity index (χ2v) is 30.0. The second-order valence-electron chi connectivity index (χ2n) is 18.3. The number of fused-ring (bicyclic) bond motifs is 9. The van der Waals surface area contributed by atoms with Crippen LogP contribution < -0.4 is 9.30 Å². The third-order valence-electron chi connectivity index (χ3n) is 12.3. The zero-order valence-corrected chi connectivity index (χ0v) is 42.6. The molecule has 5 nitrogen and oxygen atoms in total. The Morgan fingerprint density at radius 2 is 1.58 bits per heavy atom. The average Bonchev–Trinajstić information content (AvgIpc) is 4.00. The Morgan fingerprint density at radius 3 is 2.30 bits per heavy atom. The third-order valence-corrected chi connectivity index (χ3v) is 17.7. The number of pyridine rings is 2. The summed E-state index contributed by atoms with van der Waals surface area (Å²) in [6, 6.07) is 48.5. The maximum atomic E-state index is 7.35. The van der Waals surface area contributed by atoms with E-state index in [-0.39, 0.29) is 26.3 Å². The van der Waals surface area contributed by atoms with E-state index < -0.39 is 20.1 Å². The molecule has 64 heavy (non-hydrogen) atoms. The number of benzene rings is 6. The number of hydrogen-bond donors (Lipinski definition) is 0. The molecule has 10 aromatic rings. The van der Waals surface area contributed by atoms with E-state index in [2.05, 4.69) is 171 Å². The minimum Gasteiger partial charge on any atom is 3.00 e. The zero-order valence-electron chi connectivity index (χ0n) is 40.3. The fourth-order valence-corrected chi connectivity index (χ4v) is 12.1. The van der Waals surface area contributed by atoms with E-state index in [0.29, 0.717) is 17.4 Å². The van der Waals surface area contributed by atoms with Gasteiger partial charge >= 0.3 is 130 Å². The molecular weight excluding hydrogens is 1040 g/mol. The van der Waals surface area contributed by atoms with Gasteiger partial charge < -0.3 is 14.6 Å². The summed E-state index contributed by atoms with van der Waals surface area (Å²) in [5, 5.41) is 12.6. The van der Waals surface area contributed by atoms with Crippen LogP contribution in [0.1, 0.15) is 77.8 Å². The van der Waals surface area contributed by atoms with Crippen molar-refractivity contribution >= 4 is 99.1 Å². The Hall–Kier alpha value is -5.31. The number of rotatable bonds is 6. The van der Waals surface area contributed by atoms with Crippen molar-refractivity contribution in [1.82, 2.24) is 9.97 Å². The van der Waals surface area contributed by atoms with Crippen molar-refractivity contribution in [2.24, 2.45) is 0 Å². The van der Waals surface area contributed by atoms with Crippen LogP contribution in [0.25, 0.3) is 69.6 Å². The van der Waals surface area contributed by atoms with E-state index in [1.165, 1.54) is 42.4 Å². The molecule has 0 radical (unpaired) electrons. The molecule has 0 bridgehead atoms. The van der Waals surface area contributed by atoms with Gasteiger partial charge in [-0.05, 0) is 70.1 Å². The van der Waals surface area contributed by atoms with Crippen LogP contribution in [0, 0.1) is 25.9 Å². The van der Waals surface area contributed by atoms with Gasteiger partial charge in [0, 0.05) is 33.9 Å². The Bertz CT molecular complexity index is 3410. The summed E-state index contributed by atoms with van der Waals surface area (Å²) in [6.07, 6.45) is 1.65. The first kappa shape index (κ1) is 40.2. The summed E-state index contributed by atoms with van der Waals surface area (Å²) in [4.78, 5) is 13.0. The van der Waals surface area contributed by atoms with Crippen LogP contribution in [-0.4, -0.2) is 23.2 Å². The molecule has 1 unspecified atom stereocenters. The van der Waals surface area contributed by atoms with Crippen LogP contribution in [0.5, 0.6) is 0 Å². The van der Waals surface area contributed by atoms with Gasteiger partial charge in [-0.2, -0.15) is 23.5 Å². The average molecular weight is 1100 g/mol. The molecular formula is C56H51GeIrN4OS. The molecule has 6 aromatic carbocycles. The summed E-state index contributed by atoms with van der Waals surface area (Å²) >= 11 is -0.0688. The van der Waals surface area contributed by atoms with Gasteiger partial charge in [0.1, 0.15) is 16.0 Å². The molecule has 0 saturated heterocycles. The van der Waals surface area contributed by atoms with Crippen molar-refractivity contribution in [2.75, 3.05) is 4.90 Å². The summed E-state index contributed by atoms with van der Waals surface area (Å²) < 4.78 is 31.1. The number of aromatic nitrogens is 2. The number of thiophene rings is 1. The fourth-order valence-electron chi connectivity index (χ4n) is 8.64. The number of aryl methyl sites for hydroxylation is 2. The van der Waals surface area contributed by atoms with E-state index in [0.717, 1.165) is 71.7 Å². The first-order valence-electron chi connectivity index (χ1n) is 23.2. The Balaban J connectivity index is 0.000000226. The number of nitrogens with zero attached hydrogens (tertiary/aromatic N) is 4. The Labute approximate surface area is 400 Å². The molecule has 8 heteroatoms. The maximum absolute atomic E-state index is 7.35. The predicted octanol–water partition coefficient (Wildman–Crippen LogP) is 16.1. The normalized spacial score (nSPS) is 14.7. The van der Waals surface area contributed by atoms with Crippen molar-refractivity contribution in [3.63, 3.8) is 0 Å². The molecule has 1 atom stereocenters. The first-order chi connectivity index (χ1) is 31.5. The smallest absolute Gasteiger partial charge is 3.00 e. The standard InChI is InChI=1S/C41H33N3OS.C15H18GeN.Ir/c1-22(2)26-11-15-29-30-16-13-27(21-36(30)45-35(29)20-26)44-34-19-12-25-8-6-7-9-28(25)38(34)43-40(44)32-14-10-24(5)37-31-17-18-33(23(3)4)42-41(31)46-39(32)37;1-12-5-7-13(8-6-12)15-10-9-14(11-17-15)16(2,3)4;/h6-13,15-23,40H,1-5H3;5-7,9-11H,1-4H3;/q-2;-1;+3/i;1D3;. The van der Waals surface area contributed by atoms with E-state index in [4.69, 9.17) is 18.8 Å². The molecule has 0 spiro atoms. The number of hydrogen-bond acceptors (Lipinski definition) is 5. The molecule has 0 amide bonds. The van der Waals surface area contributed by atoms with Gasteiger partial charge in [0.25, 0.3) is 0 Å². The molecule has 0 fully saturated rings. The number of furan rings is 1. The van der Waals surface area contributed by atoms with Crippen LogP contribution in [0.4, 0.5) is 17.1 Å². The largest absolute Gasteiger partial charge is 3.00 e. The Morgan fingerprint density at radius 1 is 0.797 bits per heavy atom.